The second kappa shape index (κ2) is 11.0. The van der Waals surface area contributed by atoms with Gasteiger partial charge in [-0.3, -0.25) is 8.75 Å². The lowest BCUT2D eigenvalue weighted by Gasteiger charge is -2.23. The van der Waals surface area contributed by atoms with Crippen LogP contribution in [0.4, 0.5) is 0 Å². The van der Waals surface area contributed by atoms with Crippen molar-refractivity contribution in [3.05, 3.63) is 10.4 Å². The fourth-order valence-corrected chi connectivity index (χ4v) is 3.40. The first-order valence-corrected chi connectivity index (χ1v) is 10.6. The van der Waals surface area contributed by atoms with Gasteiger partial charge in [-0.05, 0) is 33.2 Å². The van der Waals surface area contributed by atoms with Crippen molar-refractivity contribution in [1.29, 1.82) is 0 Å². The summed E-state index contributed by atoms with van der Waals surface area (Å²) in [5.74, 6) is 0. The lowest BCUT2D eigenvalue weighted by Crippen LogP contribution is -2.25. The molecule has 0 unspecified atom stereocenters. The van der Waals surface area contributed by atoms with Gasteiger partial charge in [0.15, 0.2) is 6.35 Å². The molecule has 0 aliphatic heterocycles. The normalized spacial score (nSPS) is 14.0. The van der Waals surface area contributed by atoms with Gasteiger partial charge in [0.2, 0.25) is 0 Å². The average molecular weight is 389 g/mol. The maximum atomic E-state index is 12.5. The standard InChI is InChI=1S/C11H24N3O8PS/c1-9(2)21-23(15,22-10(3)4)8-18-20-11(6-13-14-12)7-19-24(5,16)17/h9-11H,6-8H2,1-5H3/t11-/m1/s1. The van der Waals surface area contributed by atoms with Crippen LogP contribution in [0.3, 0.4) is 0 Å². The molecule has 0 amide bonds. The summed E-state index contributed by atoms with van der Waals surface area (Å²) < 4.78 is 49.5. The second-order valence-electron chi connectivity index (χ2n) is 5.29. The van der Waals surface area contributed by atoms with Crippen LogP contribution in [-0.4, -0.2) is 52.5 Å². The fourth-order valence-electron chi connectivity index (χ4n) is 1.36. The molecule has 0 aromatic carbocycles. The van der Waals surface area contributed by atoms with E-state index < -0.39 is 36.8 Å². The summed E-state index contributed by atoms with van der Waals surface area (Å²) >= 11 is 0. The maximum Gasteiger partial charge on any atom is 0.359 e. The van der Waals surface area contributed by atoms with Gasteiger partial charge in [0.25, 0.3) is 10.1 Å². The molecule has 11 nitrogen and oxygen atoms in total. The maximum absolute atomic E-state index is 12.5. The Bertz CT molecular complexity index is 548. The van der Waals surface area contributed by atoms with Crippen LogP contribution in [0, 0.1) is 0 Å². The third-order valence-corrected chi connectivity index (χ3v) is 4.45. The zero-order valence-electron chi connectivity index (χ0n) is 14.3. The van der Waals surface area contributed by atoms with Crippen molar-refractivity contribution in [3.8, 4) is 0 Å². The van der Waals surface area contributed by atoms with Gasteiger partial charge in [0, 0.05) is 4.91 Å². The predicted octanol–water partition coefficient (Wildman–Crippen LogP) is 2.59. The second-order valence-corrected chi connectivity index (χ2v) is 8.83. The molecule has 0 aliphatic rings. The van der Waals surface area contributed by atoms with E-state index in [-0.39, 0.29) is 18.8 Å². The Morgan fingerprint density at radius 2 is 1.71 bits per heavy atom. The van der Waals surface area contributed by atoms with E-state index in [1.54, 1.807) is 27.7 Å². The first kappa shape index (κ1) is 23.3. The minimum absolute atomic E-state index is 0.244. The molecule has 24 heavy (non-hydrogen) atoms. The van der Waals surface area contributed by atoms with E-state index in [0.29, 0.717) is 0 Å². The Morgan fingerprint density at radius 1 is 1.17 bits per heavy atom. The van der Waals surface area contributed by atoms with Gasteiger partial charge in [-0.25, -0.2) is 9.78 Å². The van der Waals surface area contributed by atoms with Crippen molar-refractivity contribution in [2.75, 3.05) is 25.8 Å². The molecule has 1 atom stereocenters. The molecule has 0 heterocycles. The number of azide groups is 1. The van der Waals surface area contributed by atoms with Crippen molar-refractivity contribution < 1.29 is 36.0 Å². The number of hydrogen-bond donors (Lipinski definition) is 0. The number of nitrogens with zero attached hydrogens (tertiary/aromatic N) is 3. The van der Waals surface area contributed by atoms with E-state index >= 15 is 0 Å². The molecule has 0 saturated heterocycles. The largest absolute Gasteiger partial charge is 0.359 e. The minimum atomic E-state index is -3.70. The van der Waals surface area contributed by atoms with Crippen molar-refractivity contribution in [1.82, 2.24) is 0 Å². The Morgan fingerprint density at radius 3 is 2.12 bits per heavy atom. The quantitative estimate of drug-likeness (QED) is 0.0888. The first-order valence-electron chi connectivity index (χ1n) is 7.07. The fraction of sp³-hybridized carbons (Fsp3) is 1.00. The summed E-state index contributed by atoms with van der Waals surface area (Å²) in [6, 6.07) is 0. The molecule has 0 aromatic heterocycles. The molecule has 0 saturated carbocycles. The summed E-state index contributed by atoms with van der Waals surface area (Å²) in [6.45, 7) is 6.05. The molecule has 0 rings (SSSR count). The molecule has 0 fully saturated rings. The number of rotatable bonds is 13. The van der Waals surface area contributed by atoms with E-state index in [2.05, 4.69) is 14.2 Å². The SMILES string of the molecule is CC(C)OP(=O)(COO[C@H](CN=[N+]=[N-])COS(C)(=O)=O)OC(C)C. The first-order chi connectivity index (χ1) is 11.0. The van der Waals surface area contributed by atoms with Crippen LogP contribution < -0.4 is 0 Å². The summed E-state index contributed by atoms with van der Waals surface area (Å²) in [6.07, 6.45) is -1.41. The van der Waals surface area contributed by atoms with E-state index in [0.717, 1.165) is 6.26 Å². The van der Waals surface area contributed by atoms with Crippen LogP contribution in [0.15, 0.2) is 5.11 Å². The van der Waals surface area contributed by atoms with Crippen molar-refractivity contribution in [2.24, 2.45) is 5.11 Å². The zero-order chi connectivity index (χ0) is 18.8. The monoisotopic (exact) mass is 389 g/mol. The van der Waals surface area contributed by atoms with Crippen molar-refractivity contribution >= 4 is 17.7 Å². The van der Waals surface area contributed by atoms with Gasteiger partial charge in [-0.2, -0.15) is 8.42 Å². The lowest BCUT2D eigenvalue weighted by molar-refractivity contribution is -0.315. The number of hydrogen-bond acceptors (Lipinski definition) is 9. The highest BCUT2D eigenvalue weighted by atomic mass is 32.2. The average Bonchev–Trinajstić information content (AvgIpc) is 2.38. The van der Waals surface area contributed by atoms with Crippen molar-refractivity contribution in [3.63, 3.8) is 0 Å². The third kappa shape index (κ3) is 12.7. The van der Waals surface area contributed by atoms with Crippen LogP contribution >= 0.6 is 7.60 Å². The molecule has 0 N–H and O–H groups in total. The summed E-state index contributed by atoms with van der Waals surface area (Å²) in [5, 5.41) is 3.25. The van der Waals surface area contributed by atoms with E-state index in [4.69, 9.17) is 24.4 Å². The Hall–Kier alpha value is -0.710. The Balaban J connectivity index is 4.68. The highest BCUT2D eigenvalue weighted by Crippen LogP contribution is 2.50. The Kier molecular flexibility index (Phi) is 10.7. The van der Waals surface area contributed by atoms with Gasteiger partial charge < -0.3 is 9.05 Å². The molecule has 13 heteroatoms. The minimum Gasteiger partial charge on any atom is -0.304 e. The summed E-state index contributed by atoms with van der Waals surface area (Å²) in [7, 11) is -7.28. The molecular weight excluding hydrogens is 365 g/mol. The van der Waals surface area contributed by atoms with Gasteiger partial charge >= 0.3 is 7.60 Å². The molecule has 0 aliphatic carbocycles. The highest BCUT2D eigenvalue weighted by Gasteiger charge is 2.29. The molecule has 0 radical (unpaired) electrons. The van der Waals surface area contributed by atoms with Crippen LogP contribution in [0.2, 0.25) is 0 Å². The molecular formula is C11H24N3O8PS. The molecule has 0 aromatic rings. The molecule has 142 valence electrons. The summed E-state index contributed by atoms with van der Waals surface area (Å²) in [5.41, 5.74) is 8.31. The van der Waals surface area contributed by atoms with Crippen molar-refractivity contribution in [2.45, 2.75) is 46.0 Å². The third-order valence-electron chi connectivity index (χ3n) is 1.97. The van der Waals surface area contributed by atoms with Crippen LogP contribution in [-0.2, 0) is 37.7 Å². The van der Waals surface area contributed by atoms with Gasteiger partial charge in [0.05, 0.1) is 31.6 Å². The van der Waals surface area contributed by atoms with Gasteiger partial charge in [0.1, 0.15) is 6.10 Å². The zero-order valence-corrected chi connectivity index (χ0v) is 16.0. The Labute approximate surface area is 141 Å². The molecule has 0 bridgehead atoms. The van der Waals surface area contributed by atoms with E-state index in [9.17, 15) is 13.0 Å². The topological polar surface area (TPSA) is 146 Å². The summed E-state index contributed by atoms with van der Waals surface area (Å²) in [4.78, 5) is 12.3. The smallest absolute Gasteiger partial charge is 0.304 e. The van der Waals surface area contributed by atoms with Crippen LogP contribution in [0.5, 0.6) is 0 Å². The van der Waals surface area contributed by atoms with Crippen LogP contribution in [0.1, 0.15) is 27.7 Å². The van der Waals surface area contributed by atoms with E-state index in [1.165, 1.54) is 0 Å². The lowest BCUT2D eigenvalue weighted by atomic mass is 10.4. The molecule has 0 spiro atoms. The van der Waals surface area contributed by atoms with Crippen LogP contribution in [0.25, 0.3) is 10.4 Å². The predicted molar refractivity (Wildman–Crippen MR) is 85.7 cm³/mol. The van der Waals surface area contributed by atoms with Gasteiger partial charge in [-0.1, -0.05) is 5.11 Å². The van der Waals surface area contributed by atoms with Gasteiger partial charge in [-0.15, -0.1) is 0 Å². The highest BCUT2D eigenvalue weighted by molar-refractivity contribution is 7.85. The van der Waals surface area contributed by atoms with E-state index in [1.807, 2.05) is 0 Å².